The lowest BCUT2D eigenvalue weighted by molar-refractivity contribution is 0.349. The summed E-state index contributed by atoms with van der Waals surface area (Å²) in [6, 6.07) is 0. The zero-order valence-corrected chi connectivity index (χ0v) is 12.4. The maximum atomic E-state index is 11.0. The summed E-state index contributed by atoms with van der Waals surface area (Å²) >= 11 is 0. The summed E-state index contributed by atoms with van der Waals surface area (Å²) in [4.78, 5) is 2.06. The van der Waals surface area contributed by atoms with Crippen molar-refractivity contribution in [3.8, 4) is 0 Å². The van der Waals surface area contributed by atoms with Crippen LogP contribution in [0.4, 0.5) is 0 Å². The molecular weight excluding hydrogens is 236 g/mol. The van der Waals surface area contributed by atoms with Gasteiger partial charge in [0.2, 0.25) is 0 Å². The third kappa shape index (κ3) is 13.8. The van der Waals surface area contributed by atoms with Crippen molar-refractivity contribution in [3.05, 3.63) is 0 Å². The average molecular weight is 264 g/mol. The Morgan fingerprint density at radius 3 is 2.35 bits per heavy atom. The molecule has 0 unspecified atom stereocenters. The van der Waals surface area contributed by atoms with E-state index in [2.05, 4.69) is 17.1 Å². The summed E-state index contributed by atoms with van der Waals surface area (Å²) < 4.78 is 21.9. The number of nitrogens with zero attached hydrogens (tertiary/aromatic N) is 1. The summed E-state index contributed by atoms with van der Waals surface area (Å²) in [5, 5.41) is 3.38. The highest BCUT2D eigenvalue weighted by molar-refractivity contribution is 7.90. The van der Waals surface area contributed by atoms with E-state index in [-0.39, 0.29) is 5.75 Å². The highest BCUT2D eigenvalue weighted by Crippen LogP contribution is 1.96. The summed E-state index contributed by atoms with van der Waals surface area (Å²) in [6.45, 7) is 5.75. The van der Waals surface area contributed by atoms with E-state index in [0.29, 0.717) is 6.54 Å². The molecule has 0 aromatic carbocycles. The van der Waals surface area contributed by atoms with Crippen molar-refractivity contribution in [1.29, 1.82) is 0 Å². The normalized spacial score (nSPS) is 12.2. The lowest BCUT2D eigenvalue weighted by Crippen LogP contribution is -2.32. The predicted molar refractivity (Wildman–Crippen MR) is 74.2 cm³/mol. The molecule has 1 N–H and O–H groups in total. The molecule has 17 heavy (non-hydrogen) atoms. The van der Waals surface area contributed by atoms with Gasteiger partial charge in [-0.05, 0) is 20.0 Å². The van der Waals surface area contributed by atoms with Crippen LogP contribution >= 0.6 is 0 Å². The molecule has 0 aliphatic heterocycles. The molecule has 0 heterocycles. The van der Waals surface area contributed by atoms with E-state index < -0.39 is 9.84 Å². The minimum atomic E-state index is -2.83. The second-order valence-electron chi connectivity index (χ2n) is 4.74. The highest BCUT2D eigenvalue weighted by atomic mass is 32.2. The van der Waals surface area contributed by atoms with Crippen LogP contribution in [0.1, 0.15) is 32.6 Å². The Morgan fingerprint density at radius 2 is 1.76 bits per heavy atom. The van der Waals surface area contributed by atoms with Crippen LogP contribution in [-0.2, 0) is 9.84 Å². The number of hydrogen-bond acceptors (Lipinski definition) is 4. The molecule has 0 aromatic rings. The van der Waals surface area contributed by atoms with Crippen molar-refractivity contribution in [3.63, 3.8) is 0 Å². The molecule has 0 bridgehead atoms. The minimum absolute atomic E-state index is 0.250. The molecule has 4 nitrogen and oxygen atoms in total. The second-order valence-corrected chi connectivity index (χ2v) is 7.00. The first kappa shape index (κ1) is 16.9. The molecule has 0 fully saturated rings. The van der Waals surface area contributed by atoms with Crippen molar-refractivity contribution in [1.82, 2.24) is 10.2 Å². The van der Waals surface area contributed by atoms with Crippen LogP contribution in [0.25, 0.3) is 0 Å². The van der Waals surface area contributed by atoms with Crippen molar-refractivity contribution in [2.45, 2.75) is 32.6 Å². The molecular formula is C12H28N2O2S. The highest BCUT2D eigenvalue weighted by Gasteiger charge is 2.04. The van der Waals surface area contributed by atoms with Crippen LogP contribution in [-0.4, -0.2) is 58.6 Å². The van der Waals surface area contributed by atoms with Gasteiger partial charge in [-0.25, -0.2) is 8.42 Å². The van der Waals surface area contributed by atoms with E-state index in [1.54, 1.807) is 0 Å². The Hall–Kier alpha value is -0.130. The van der Waals surface area contributed by atoms with Gasteiger partial charge in [0.15, 0.2) is 0 Å². The quantitative estimate of drug-likeness (QED) is 0.568. The molecule has 0 aliphatic carbocycles. The summed E-state index contributed by atoms with van der Waals surface area (Å²) in [5.41, 5.74) is 0. The number of unbranched alkanes of at least 4 members (excludes halogenated alkanes) is 3. The molecule has 0 aliphatic rings. The molecule has 5 heteroatoms. The number of nitrogens with one attached hydrogen (secondary N) is 1. The van der Waals surface area contributed by atoms with Gasteiger partial charge in [0, 0.05) is 25.9 Å². The van der Waals surface area contributed by atoms with Gasteiger partial charge in [-0.3, -0.25) is 0 Å². The topological polar surface area (TPSA) is 49.4 Å². The molecule has 0 atom stereocenters. The first-order valence-electron chi connectivity index (χ1n) is 6.52. The molecule has 0 saturated heterocycles. The Balaban J connectivity index is 3.30. The molecule has 104 valence electrons. The Labute approximate surface area is 107 Å². The fraction of sp³-hybridized carbons (Fsp3) is 1.00. The average Bonchev–Trinajstić information content (AvgIpc) is 2.24. The Morgan fingerprint density at radius 1 is 1.06 bits per heavy atom. The van der Waals surface area contributed by atoms with Crippen LogP contribution < -0.4 is 5.32 Å². The summed E-state index contributed by atoms with van der Waals surface area (Å²) in [7, 11) is -0.865. The minimum Gasteiger partial charge on any atom is -0.315 e. The Bertz CT molecular complexity index is 266. The number of sulfone groups is 1. The van der Waals surface area contributed by atoms with E-state index >= 15 is 0 Å². The third-order valence-electron chi connectivity index (χ3n) is 2.72. The molecule has 0 amide bonds. The molecule has 0 rings (SSSR count). The maximum Gasteiger partial charge on any atom is 0.148 e. The van der Waals surface area contributed by atoms with Crippen LogP contribution in [0.2, 0.25) is 0 Å². The van der Waals surface area contributed by atoms with Gasteiger partial charge in [-0.15, -0.1) is 0 Å². The van der Waals surface area contributed by atoms with E-state index in [9.17, 15) is 8.42 Å². The van der Waals surface area contributed by atoms with Crippen LogP contribution in [0.5, 0.6) is 0 Å². The first-order chi connectivity index (χ1) is 7.95. The van der Waals surface area contributed by atoms with E-state index in [0.717, 1.165) is 19.6 Å². The molecule has 0 spiro atoms. The van der Waals surface area contributed by atoms with E-state index in [1.807, 2.05) is 7.05 Å². The number of rotatable bonds is 11. The SMILES string of the molecule is CCCCCCNCCN(C)CCS(C)(=O)=O. The van der Waals surface area contributed by atoms with Crippen LogP contribution in [0, 0.1) is 0 Å². The lowest BCUT2D eigenvalue weighted by atomic mass is 10.2. The van der Waals surface area contributed by atoms with Gasteiger partial charge in [-0.2, -0.15) is 0 Å². The fourth-order valence-corrected chi connectivity index (χ4v) is 2.15. The summed E-state index contributed by atoms with van der Waals surface area (Å²) in [5.74, 6) is 0.250. The smallest absolute Gasteiger partial charge is 0.148 e. The van der Waals surface area contributed by atoms with Crippen molar-refractivity contribution >= 4 is 9.84 Å². The zero-order valence-electron chi connectivity index (χ0n) is 11.5. The van der Waals surface area contributed by atoms with Gasteiger partial charge in [0.1, 0.15) is 9.84 Å². The monoisotopic (exact) mass is 264 g/mol. The van der Waals surface area contributed by atoms with Gasteiger partial charge in [-0.1, -0.05) is 26.2 Å². The van der Waals surface area contributed by atoms with Crippen LogP contribution in [0.3, 0.4) is 0 Å². The Kier molecular flexibility index (Phi) is 9.78. The standard InChI is InChI=1S/C12H28N2O2S/c1-4-5-6-7-8-13-9-10-14(2)11-12-17(3,15)16/h13H,4-12H2,1-3H3. The van der Waals surface area contributed by atoms with Gasteiger partial charge < -0.3 is 10.2 Å². The van der Waals surface area contributed by atoms with Crippen LogP contribution in [0.15, 0.2) is 0 Å². The van der Waals surface area contributed by atoms with Gasteiger partial charge in [0.25, 0.3) is 0 Å². The molecule has 0 saturated carbocycles. The third-order valence-corrected chi connectivity index (χ3v) is 3.65. The maximum absolute atomic E-state index is 11.0. The summed E-state index contributed by atoms with van der Waals surface area (Å²) in [6.07, 6.45) is 6.41. The van der Waals surface area contributed by atoms with E-state index in [1.165, 1.54) is 31.9 Å². The molecule has 0 radical (unpaired) electrons. The first-order valence-corrected chi connectivity index (χ1v) is 8.58. The van der Waals surface area contributed by atoms with E-state index in [4.69, 9.17) is 0 Å². The van der Waals surface area contributed by atoms with Gasteiger partial charge >= 0.3 is 0 Å². The molecule has 0 aromatic heterocycles. The fourth-order valence-electron chi connectivity index (χ4n) is 1.51. The lowest BCUT2D eigenvalue weighted by Gasteiger charge is -2.16. The number of likely N-dealkylation sites (N-methyl/N-ethyl adjacent to an activating group) is 1. The predicted octanol–water partition coefficient (Wildman–Crippen LogP) is 1.13. The van der Waals surface area contributed by atoms with Gasteiger partial charge in [0.05, 0.1) is 5.75 Å². The zero-order chi connectivity index (χ0) is 13.1. The van der Waals surface area contributed by atoms with Crippen molar-refractivity contribution < 1.29 is 8.42 Å². The number of hydrogen-bond donors (Lipinski definition) is 1. The second kappa shape index (κ2) is 9.85. The largest absolute Gasteiger partial charge is 0.315 e. The van der Waals surface area contributed by atoms with Crippen molar-refractivity contribution in [2.24, 2.45) is 0 Å². The van der Waals surface area contributed by atoms with Crippen molar-refractivity contribution in [2.75, 3.05) is 45.2 Å².